The molecule has 0 atom stereocenters. The number of ether oxygens (including phenoxy) is 2. The topological polar surface area (TPSA) is 163 Å². The normalized spacial score (nSPS) is 13.5. The number of likely N-dealkylation sites (N-methyl/N-ethyl adjacent to an activating group) is 1. The lowest BCUT2D eigenvalue weighted by Crippen LogP contribution is -2.31. The molecule has 0 bridgehead atoms. The van der Waals surface area contributed by atoms with Gasteiger partial charge in [-0.3, -0.25) is 14.4 Å². The Kier molecular flexibility index (Phi) is 12.7. The van der Waals surface area contributed by atoms with Gasteiger partial charge in [0, 0.05) is 70.0 Å². The molecule has 2 aromatic rings. The Labute approximate surface area is 241 Å². The number of aryl methyl sites for hydroxylation is 1. The first-order valence-corrected chi connectivity index (χ1v) is 14.0. The summed E-state index contributed by atoms with van der Waals surface area (Å²) in [4.78, 5) is 38.5. The quantitative estimate of drug-likeness (QED) is 0.0873. The number of amides is 1. The standard InChI is InChI=1S/C28H42N8O5/c1-5-24-23(26(34-21-9-12-39-13-10-21)22(15-29)27(35-24)30-6-2)17-32-28(38)20-7-8-25(31-16-20)33-18-41-36(4)11-14-40-19(3)37/h7-8,15-16,21,29H,5-6,9-14,17-18H2,1-4H3,(H,31,33)(H,32,38)(H2,30,34,35). The number of hydrogen-bond acceptors (Lipinski definition) is 12. The Morgan fingerprint density at radius 1 is 1.22 bits per heavy atom. The van der Waals surface area contributed by atoms with Crippen LogP contribution in [0.2, 0.25) is 0 Å². The molecule has 13 nitrogen and oxygen atoms in total. The van der Waals surface area contributed by atoms with Gasteiger partial charge in [-0.2, -0.15) is 5.06 Å². The van der Waals surface area contributed by atoms with E-state index >= 15 is 0 Å². The second kappa shape index (κ2) is 16.5. The minimum absolute atomic E-state index is 0.156. The van der Waals surface area contributed by atoms with E-state index in [1.165, 1.54) is 19.3 Å². The van der Waals surface area contributed by atoms with Gasteiger partial charge >= 0.3 is 5.97 Å². The minimum Gasteiger partial charge on any atom is -0.464 e. The summed E-state index contributed by atoms with van der Waals surface area (Å²) in [5.41, 5.74) is 3.64. The van der Waals surface area contributed by atoms with Crippen molar-refractivity contribution in [2.45, 2.75) is 52.6 Å². The number of carbonyl (C=O) groups excluding carboxylic acids is 2. The summed E-state index contributed by atoms with van der Waals surface area (Å²) < 4.78 is 10.4. The van der Waals surface area contributed by atoms with E-state index in [9.17, 15) is 9.59 Å². The summed E-state index contributed by atoms with van der Waals surface area (Å²) in [6.07, 6.45) is 5.22. The Hall–Kier alpha value is -3.81. The lowest BCUT2D eigenvalue weighted by atomic mass is 10.0. The fourth-order valence-electron chi connectivity index (χ4n) is 4.33. The van der Waals surface area contributed by atoms with Crippen molar-refractivity contribution in [1.29, 1.82) is 5.41 Å². The molecule has 1 aliphatic heterocycles. The highest BCUT2D eigenvalue weighted by Gasteiger charge is 2.22. The van der Waals surface area contributed by atoms with E-state index in [0.717, 1.165) is 29.8 Å². The van der Waals surface area contributed by atoms with Crippen LogP contribution < -0.4 is 21.3 Å². The summed E-state index contributed by atoms with van der Waals surface area (Å²) in [5, 5.41) is 22.6. The summed E-state index contributed by atoms with van der Waals surface area (Å²) in [6, 6.07) is 3.60. The van der Waals surface area contributed by atoms with Gasteiger partial charge in [-0.25, -0.2) is 9.97 Å². The van der Waals surface area contributed by atoms with E-state index < -0.39 is 0 Å². The van der Waals surface area contributed by atoms with Crippen LogP contribution >= 0.6 is 0 Å². The average Bonchev–Trinajstić information content (AvgIpc) is 2.97. The van der Waals surface area contributed by atoms with Gasteiger partial charge in [0.1, 0.15) is 25.0 Å². The molecular weight excluding hydrogens is 528 g/mol. The highest BCUT2D eigenvalue weighted by atomic mass is 16.7. The van der Waals surface area contributed by atoms with Crippen molar-refractivity contribution in [3.8, 4) is 0 Å². The fraction of sp³-hybridized carbons (Fsp3) is 0.536. The molecule has 5 N–H and O–H groups in total. The van der Waals surface area contributed by atoms with Crippen molar-refractivity contribution in [2.75, 3.05) is 62.6 Å². The molecule has 0 spiro atoms. The van der Waals surface area contributed by atoms with Crippen molar-refractivity contribution in [3.05, 3.63) is 40.7 Å². The minimum atomic E-state index is -0.335. The lowest BCUT2D eigenvalue weighted by molar-refractivity contribution is -0.154. The number of esters is 1. The first-order chi connectivity index (χ1) is 19.9. The first kappa shape index (κ1) is 31.7. The Morgan fingerprint density at radius 3 is 2.63 bits per heavy atom. The molecule has 13 heteroatoms. The molecule has 1 aliphatic rings. The zero-order valence-corrected chi connectivity index (χ0v) is 24.3. The van der Waals surface area contributed by atoms with E-state index in [-0.39, 0.29) is 37.8 Å². The zero-order chi connectivity index (χ0) is 29.6. The van der Waals surface area contributed by atoms with E-state index in [1.54, 1.807) is 24.2 Å². The number of nitrogens with one attached hydrogen (secondary N) is 5. The Bertz CT molecular complexity index is 1160. The number of hydrogen-bond donors (Lipinski definition) is 5. The molecule has 1 saturated heterocycles. The highest BCUT2D eigenvalue weighted by molar-refractivity contribution is 5.95. The Morgan fingerprint density at radius 2 is 2.00 bits per heavy atom. The van der Waals surface area contributed by atoms with Crippen molar-refractivity contribution in [3.63, 3.8) is 0 Å². The van der Waals surface area contributed by atoms with Crippen LogP contribution in [-0.4, -0.2) is 85.9 Å². The van der Waals surface area contributed by atoms with Crippen LogP contribution in [-0.2, 0) is 32.1 Å². The predicted molar refractivity (Wildman–Crippen MR) is 157 cm³/mol. The van der Waals surface area contributed by atoms with Gasteiger partial charge in [-0.05, 0) is 38.3 Å². The molecule has 41 heavy (non-hydrogen) atoms. The maximum Gasteiger partial charge on any atom is 0.302 e. The molecule has 0 unspecified atom stereocenters. The predicted octanol–water partition coefficient (Wildman–Crippen LogP) is 2.79. The molecule has 3 heterocycles. The third-order valence-corrected chi connectivity index (χ3v) is 6.52. The van der Waals surface area contributed by atoms with Crippen molar-refractivity contribution < 1.29 is 23.9 Å². The number of nitrogens with zero attached hydrogens (tertiary/aromatic N) is 3. The summed E-state index contributed by atoms with van der Waals surface area (Å²) in [6.45, 7) is 8.51. The van der Waals surface area contributed by atoms with Crippen LogP contribution in [0.4, 0.5) is 17.3 Å². The molecule has 2 aromatic heterocycles. The molecular formula is C28H42N8O5. The third-order valence-electron chi connectivity index (χ3n) is 6.52. The smallest absolute Gasteiger partial charge is 0.302 e. The molecule has 0 aliphatic carbocycles. The lowest BCUT2D eigenvalue weighted by Gasteiger charge is -2.28. The van der Waals surface area contributed by atoms with E-state index in [0.29, 0.717) is 55.5 Å². The van der Waals surface area contributed by atoms with Gasteiger partial charge in [0.25, 0.3) is 5.91 Å². The van der Waals surface area contributed by atoms with Gasteiger partial charge in [0.15, 0.2) is 0 Å². The highest BCUT2D eigenvalue weighted by Crippen LogP contribution is 2.30. The second-order valence-corrected chi connectivity index (χ2v) is 9.49. The molecule has 0 aromatic carbocycles. The molecule has 224 valence electrons. The maximum atomic E-state index is 13.1. The second-order valence-electron chi connectivity index (χ2n) is 9.49. The SMILES string of the molecule is CCNc1nc(CC)c(CNC(=O)c2ccc(NCON(C)CCOC(C)=O)nc2)c(NC2CCOCC2)c1C=N. The molecule has 1 fully saturated rings. The molecule has 0 saturated carbocycles. The molecule has 0 radical (unpaired) electrons. The fourth-order valence-corrected chi connectivity index (χ4v) is 4.33. The van der Waals surface area contributed by atoms with Gasteiger partial charge in [-0.15, -0.1) is 0 Å². The number of rotatable bonds is 16. The van der Waals surface area contributed by atoms with Crippen LogP contribution in [0.5, 0.6) is 0 Å². The monoisotopic (exact) mass is 570 g/mol. The van der Waals surface area contributed by atoms with Gasteiger partial charge in [0.05, 0.1) is 23.4 Å². The van der Waals surface area contributed by atoms with Crippen LogP contribution in [0, 0.1) is 5.41 Å². The van der Waals surface area contributed by atoms with Gasteiger partial charge in [0.2, 0.25) is 0 Å². The molecule has 3 rings (SSSR count). The summed E-state index contributed by atoms with van der Waals surface area (Å²) >= 11 is 0. The number of hydroxylamine groups is 2. The zero-order valence-electron chi connectivity index (χ0n) is 24.3. The summed E-state index contributed by atoms with van der Waals surface area (Å²) in [5.74, 6) is 0.607. The summed E-state index contributed by atoms with van der Waals surface area (Å²) in [7, 11) is 1.73. The van der Waals surface area contributed by atoms with Crippen molar-refractivity contribution >= 4 is 35.4 Å². The van der Waals surface area contributed by atoms with Crippen molar-refractivity contribution in [2.24, 2.45) is 0 Å². The van der Waals surface area contributed by atoms with E-state index in [1.807, 2.05) is 13.8 Å². The third kappa shape index (κ3) is 9.66. The molecule has 1 amide bonds. The average molecular weight is 571 g/mol. The number of anilines is 3. The van der Waals surface area contributed by atoms with Crippen LogP contribution in [0.25, 0.3) is 0 Å². The number of pyridine rings is 2. The first-order valence-electron chi connectivity index (χ1n) is 14.0. The number of aromatic nitrogens is 2. The van der Waals surface area contributed by atoms with Crippen LogP contribution in [0.1, 0.15) is 60.8 Å². The van der Waals surface area contributed by atoms with Gasteiger partial charge < -0.3 is 36.2 Å². The number of carbonyl (C=O) groups is 2. The van der Waals surface area contributed by atoms with E-state index in [4.69, 9.17) is 24.7 Å². The Balaban J connectivity index is 1.65. The maximum absolute atomic E-state index is 13.1. The van der Waals surface area contributed by atoms with Crippen LogP contribution in [0.3, 0.4) is 0 Å². The largest absolute Gasteiger partial charge is 0.464 e. The van der Waals surface area contributed by atoms with Crippen LogP contribution in [0.15, 0.2) is 18.3 Å². The van der Waals surface area contributed by atoms with Gasteiger partial charge in [-0.1, -0.05) is 6.92 Å². The van der Waals surface area contributed by atoms with E-state index in [2.05, 4.69) is 26.3 Å². The van der Waals surface area contributed by atoms with Crippen molar-refractivity contribution in [1.82, 2.24) is 20.3 Å².